The van der Waals surface area contributed by atoms with Gasteiger partial charge in [0.1, 0.15) is 17.3 Å². The van der Waals surface area contributed by atoms with Crippen LogP contribution in [0, 0.1) is 6.92 Å². The number of pyridine rings is 1. The van der Waals surface area contributed by atoms with E-state index in [4.69, 9.17) is 21.1 Å². The number of carbonyl (C=O) groups is 1. The third kappa shape index (κ3) is 6.47. The number of nitrogens with zero attached hydrogens (tertiary/aromatic N) is 1. The number of carboxylic acid groups (broad SMARTS) is 1. The number of H-pyrrole nitrogens is 1. The minimum atomic E-state index is -2.90. The maximum Gasteiger partial charge on any atom is 0.356 e. The molecule has 0 aliphatic carbocycles. The standard InChI is InChI=1S/C26H20ClN3O4.C3H6F2O/c1-13-9-16(14(2)28-19-7-8-23(27)30-24(19)26(32)33)25-17(10-13)21(31)12-22(34-25)20-11-15-5-3-4-6-18(15)29-20;1-3(4,5)2-6/h3-12,14,28-29H,1-2H3,(H,32,33);6H,2H2,1H3. The molecule has 0 saturated heterocycles. The number of aromatic carboxylic acids is 1. The van der Waals surface area contributed by atoms with Crippen LogP contribution in [0.5, 0.6) is 0 Å². The SMILES string of the molecule is CC(F)(F)CO.Cc1cc(C(C)Nc2ccc(Cl)nc2C(=O)O)c2oc(-c3cc4ccccc4[nH]3)cc(=O)c2c1. The number of benzene rings is 2. The van der Waals surface area contributed by atoms with Crippen molar-refractivity contribution in [3.05, 3.63) is 92.9 Å². The van der Waals surface area contributed by atoms with Crippen molar-refractivity contribution in [2.24, 2.45) is 0 Å². The number of anilines is 1. The lowest BCUT2D eigenvalue weighted by molar-refractivity contribution is -0.0322. The fourth-order valence-corrected chi connectivity index (χ4v) is 4.27. The molecule has 8 nitrogen and oxygen atoms in total. The Morgan fingerprint density at radius 1 is 1.18 bits per heavy atom. The lowest BCUT2D eigenvalue weighted by Gasteiger charge is -2.19. The summed E-state index contributed by atoms with van der Waals surface area (Å²) in [5.74, 6) is -3.68. The van der Waals surface area contributed by atoms with Crippen LogP contribution in [0.3, 0.4) is 0 Å². The Morgan fingerprint density at radius 2 is 1.88 bits per heavy atom. The second-order valence-corrected chi connectivity index (χ2v) is 9.79. The van der Waals surface area contributed by atoms with Crippen molar-refractivity contribution in [3.63, 3.8) is 0 Å². The molecule has 0 radical (unpaired) electrons. The summed E-state index contributed by atoms with van der Waals surface area (Å²) in [5, 5.41) is 21.9. The molecule has 0 aliphatic rings. The summed E-state index contributed by atoms with van der Waals surface area (Å²) in [5.41, 5.74) is 3.64. The predicted molar refractivity (Wildman–Crippen MR) is 150 cm³/mol. The number of aliphatic hydroxyl groups is 1. The highest BCUT2D eigenvalue weighted by molar-refractivity contribution is 6.29. The lowest BCUT2D eigenvalue weighted by Crippen LogP contribution is -2.14. The van der Waals surface area contributed by atoms with E-state index in [0.29, 0.717) is 35.0 Å². The zero-order valence-corrected chi connectivity index (χ0v) is 22.5. The molecule has 0 saturated carbocycles. The highest BCUT2D eigenvalue weighted by Gasteiger charge is 2.20. The zero-order chi connectivity index (χ0) is 29.2. The third-order valence-corrected chi connectivity index (χ3v) is 6.19. The Balaban J connectivity index is 0.000000557. The Hall–Kier alpha value is -4.28. The number of hydrogen-bond acceptors (Lipinski definition) is 6. The van der Waals surface area contributed by atoms with Gasteiger partial charge in [-0.2, -0.15) is 0 Å². The van der Waals surface area contributed by atoms with Crippen molar-refractivity contribution in [3.8, 4) is 11.5 Å². The molecule has 0 bridgehead atoms. The van der Waals surface area contributed by atoms with Crippen LogP contribution in [-0.4, -0.2) is 38.7 Å². The van der Waals surface area contributed by atoms with Crippen molar-refractivity contribution >= 4 is 45.1 Å². The van der Waals surface area contributed by atoms with Crippen molar-refractivity contribution in [2.75, 3.05) is 11.9 Å². The monoisotopic (exact) mass is 569 g/mol. The van der Waals surface area contributed by atoms with E-state index < -0.39 is 24.5 Å². The maximum absolute atomic E-state index is 13.1. The van der Waals surface area contributed by atoms with Gasteiger partial charge in [0.05, 0.1) is 22.8 Å². The molecule has 4 N–H and O–H groups in total. The largest absolute Gasteiger partial charge is 0.476 e. The van der Waals surface area contributed by atoms with E-state index in [1.54, 1.807) is 12.1 Å². The van der Waals surface area contributed by atoms with E-state index >= 15 is 0 Å². The number of rotatable bonds is 6. The van der Waals surface area contributed by atoms with Crippen LogP contribution in [-0.2, 0) is 0 Å². The highest BCUT2D eigenvalue weighted by Crippen LogP contribution is 2.32. The Morgan fingerprint density at radius 3 is 2.52 bits per heavy atom. The van der Waals surface area contributed by atoms with Crippen molar-refractivity contribution < 1.29 is 28.2 Å². The average Bonchev–Trinajstić information content (AvgIpc) is 3.34. The Kier molecular flexibility index (Phi) is 8.22. The molecule has 0 amide bonds. The number of para-hydroxylation sites is 1. The summed E-state index contributed by atoms with van der Waals surface area (Å²) in [6.07, 6.45) is 0. The minimum absolute atomic E-state index is 0.0885. The van der Waals surface area contributed by atoms with Gasteiger partial charge in [-0.3, -0.25) is 4.79 Å². The van der Waals surface area contributed by atoms with Crippen LogP contribution in [0.1, 0.15) is 41.5 Å². The number of nitrogens with one attached hydrogen (secondary N) is 2. The van der Waals surface area contributed by atoms with Gasteiger partial charge in [-0.15, -0.1) is 0 Å². The number of aromatic nitrogens is 2. The van der Waals surface area contributed by atoms with Crippen LogP contribution in [0.2, 0.25) is 5.15 Å². The number of aryl methyl sites for hydroxylation is 1. The van der Waals surface area contributed by atoms with Crippen LogP contribution >= 0.6 is 11.6 Å². The summed E-state index contributed by atoms with van der Waals surface area (Å²) in [6, 6.07) is 17.6. The summed E-state index contributed by atoms with van der Waals surface area (Å²) < 4.78 is 28.7. The van der Waals surface area contributed by atoms with Gasteiger partial charge in [0.25, 0.3) is 5.92 Å². The van der Waals surface area contributed by atoms with E-state index in [1.165, 1.54) is 12.1 Å². The number of alkyl halides is 2. The van der Waals surface area contributed by atoms with Crippen molar-refractivity contribution in [1.82, 2.24) is 9.97 Å². The highest BCUT2D eigenvalue weighted by atomic mass is 35.5. The number of aromatic amines is 1. The molecule has 1 unspecified atom stereocenters. The molecule has 40 heavy (non-hydrogen) atoms. The van der Waals surface area contributed by atoms with E-state index in [2.05, 4.69) is 15.3 Å². The summed E-state index contributed by atoms with van der Waals surface area (Å²) in [6.45, 7) is 3.36. The Bertz CT molecular complexity index is 1730. The van der Waals surface area contributed by atoms with Gasteiger partial charge in [0.15, 0.2) is 16.9 Å². The van der Waals surface area contributed by atoms with E-state index in [0.717, 1.165) is 22.0 Å². The fourth-order valence-electron chi connectivity index (χ4n) is 4.12. The van der Waals surface area contributed by atoms with Gasteiger partial charge in [-0.05, 0) is 49.7 Å². The molecule has 3 aromatic heterocycles. The normalized spacial score (nSPS) is 12.2. The smallest absolute Gasteiger partial charge is 0.356 e. The molecule has 1 atom stereocenters. The number of carboxylic acids is 1. The molecule has 2 aromatic carbocycles. The van der Waals surface area contributed by atoms with E-state index in [-0.39, 0.29) is 16.3 Å². The zero-order valence-electron chi connectivity index (χ0n) is 21.8. The quantitative estimate of drug-likeness (QED) is 0.165. The third-order valence-electron chi connectivity index (χ3n) is 5.98. The van der Waals surface area contributed by atoms with Crippen LogP contribution < -0.4 is 10.7 Å². The average molecular weight is 570 g/mol. The first-order valence-corrected chi connectivity index (χ1v) is 12.6. The minimum Gasteiger partial charge on any atom is -0.476 e. The van der Waals surface area contributed by atoms with Gasteiger partial charge < -0.3 is 24.9 Å². The lowest BCUT2D eigenvalue weighted by atomic mass is 10.0. The van der Waals surface area contributed by atoms with Gasteiger partial charge in [-0.25, -0.2) is 18.6 Å². The fraction of sp³-hybridized carbons (Fsp3) is 0.207. The molecule has 0 aliphatic heterocycles. The van der Waals surface area contributed by atoms with E-state index in [1.807, 2.05) is 50.2 Å². The van der Waals surface area contributed by atoms with Crippen LogP contribution in [0.4, 0.5) is 14.5 Å². The van der Waals surface area contributed by atoms with Gasteiger partial charge in [-0.1, -0.05) is 35.9 Å². The first-order valence-electron chi connectivity index (χ1n) is 12.2. The molecule has 0 spiro atoms. The van der Waals surface area contributed by atoms with Gasteiger partial charge in [0, 0.05) is 29.5 Å². The topological polar surface area (TPSA) is 128 Å². The van der Waals surface area contributed by atoms with Crippen molar-refractivity contribution in [2.45, 2.75) is 32.7 Å². The Labute approximate surface area is 232 Å². The summed E-state index contributed by atoms with van der Waals surface area (Å²) >= 11 is 5.88. The molecule has 11 heteroatoms. The molecular formula is C29H26ClF2N3O5. The molecule has 208 valence electrons. The van der Waals surface area contributed by atoms with Crippen molar-refractivity contribution in [1.29, 1.82) is 0 Å². The molecule has 0 fully saturated rings. The molecular weight excluding hydrogens is 544 g/mol. The second kappa shape index (κ2) is 11.4. The number of fused-ring (bicyclic) bond motifs is 2. The van der Waals surface area contributed by atoms with E-state index in [9.17, 15) is 23.5 Å². The molecule has 5 aromatic rings. The van der Waals surface area contributed by atoms with Crippen LogP contribution in [0.15, 0.2) is 69.9 Å². The maximum atomic E-state index is 13.1. The molecule has 3 heterocycles. The number of aliphatic hydroxyl groups excluding tert-OH is 1. The number of hydrogen-bond donors (Lipinski definition) is 4. The summed E-state index contributed by atoms with van der Waals surface area (Å²) in [4.78, 5) is 31.9. The summed E-state index contributed by atoms with van der Waals surface area (Å²) in [7, 11) is 0. The second-order valence-electron chi connectivity index (χ2n) is 9.41. The molecule has 5 rings (SSSR count). The van der Waals surface area contributed by atoms with Gasteiger partial charge in [0.2, 0.25) is 0 Å². The predicted octanol–water partition coefficient (Wildman–Crippen LogP) is 6.80. The van der Waals surface area contributed by atoms with Crippen LogP contribution in [0.25, 0.3) is 33.3 Å². The van der Waals surface area contributed by atoms with Gasteiger partial charge >= 0.3 is 5.97 Å². The first-order chi connectivity index (χ1) is 18.9. The number of halogens is 3. The first kappa shape index (κ1) is 28.7.